The van der Waals surface area contributed by atoms with Crippen LogP contribution in [0, 0.1) is 17.8 Å². The molecule has 3 unspecified atom stereocenters. The van der Waals surface area contributed by atoms with Gasteiger partial charge in [0.15, 0.2) is 0 Å². The molecular formula is C10H17NO. The predicted octanol–water partition coefficient (Wildman–Crippen LogP) is 1.71. The highest BCUT2D eigenvalue weighted by Crippen LogP contribution is 2.42. The molecule has 0 saturated heterocycles. The van der Waals surface area contributed by atoms with E-state index in [1.807, 2.05) is 13.8 Å². The fraction of sp³-hybridized carbons (Fsp3) is 0.700. The van der Waals surface area contributed by atoms with Crippen molar-refractivity contribution in [3.05, 3.63) is 12.2 Å². The van der Waals surface area contributed by atoms with Crippen molar-refractivity contribution in [1.82, 2.24) is 0 Å². The van der Waals surface area contributed by atoms with E-state index in [9.17, 15) is 4.79 Å². The Kier molecular flexibility index (Phi) is 2.90. The van der Waals surface area contributed by atoms with Gasteiger partial charge in [0, 0.05) is 5.92 Å². The van der Waals surface area contributed by atoms with Crippen LogP contribution in [0.2, 0.25) is 0 Å². The number of allylic oxidation sites excluding steroid dienone is 2. The molecular weight excluding hydrogens is 150 g/mol. The minimum Gasteiger partial charge on any atom is -0.369 e. The van der Waals surface area contributed by atoms with Crippen LogP contribution in [-0.4, -0.2) is 5.91 Å². The average Bonchev–Trinajstić information content (AvgIpc) is 2.67. The first-order valence-electron chi connectivity index (χ1n) is 4.75. The molecule has 0 aromatic heterocycles. The molecule has 2 N–H and O–H groups in total. The van der Waals surface area contributed by atoms with Crippen LogP contribution in [0.15, 0.2) is 12.2 Å². The summed E-state index contributed by atoms with van der Waals surface area (Å²) in [6.45, 7) is 4.00. The number of nitrogens with two attached hydrogens (primary N) is 1. The van der Waals surface area contributed by atoms with E-state index in [1.165, 1.54) is 0 Å². The van der Waals surface area contributed by atoms with Crippen LogP contribution in [-0.2, 0) is 4.79 Å². The Hall–Kier alpha value is -0.790. The summed E-state index contributed by atoms with van der Waals surface area (Å²) in [6.07, 6.45) is 6.51. The minimum absolute atomic E-state index is 0.114. The zero-order valence-electron chi connectivity index (χ0n) is 7.79. The highest BCUT2D eigenvalue weighted by atomic mass is 16.1. The monoisotopic (exact) mass is 167 g/mol. The Balaban J connectivity index is 0.000000336. The third-order valence-corrected chi connectivity index (χ3v) is 2.64. The lowest BCUT2D eigenvalue weighted by Gasteiger charge is -2.12. The van der Waals surface area contributed by atoms with Gasteiger partial charge >= 0.3 is 0 Å². The highest BCUT2D eigenvalue weighted by Gasteiger charge is 2.38. The van der Waals surface area contributed by atoms with Crippen LogP contribution in [0.1, 0.15) is 26.7 Å². The summed E-state index contributed by atoms with van der Waals surface area (Å²) in [6, 6.07) is 0. The number of carbonyl (C=O) groups is 1. The molecule has 68 valence electrons. The van der Waals surface area contributed by atoms with Crippen molar-refractivity contribution in [2.24, 2.45) is 23.5 Å². The summed E-state index contributed by atoms with van der Waals surface area (Å²) in [5.74, 6) is 1.16. The molecule has 0 aliphatic heterocycles. The molecule has 2 nitrogen and oxygen atoms in total. The van der Waals surface area contributed by atoms with Gasteiger partial charge in [-0.2, -0.15) is 0 Å². The standard InChI is InChI=1S/C8H11NO.C2H6/c9-8(10)7-4-5-1-2-6(7)3-5;1-2/h1-2,5-7H,3-4H2,(H2,9,10);1-2H3. The fourth-order valence-electron chi connectivity index (χ4n) is 2.11. The van der Waals surface area contributed by atoms with E-state index >= 15 is 0 Å². The molecule has 0 spiro atoms. The molecule has 2 aliphatic carbocycles. The second-order valence-electron chi connectivity index (χ2n) is 3.29. The van der Waals surface area contributed by atoms with Crippen molar-refractivity contribution in [3.63, 3.8) is 0 Å². The van der Waals surface area contributed by atoms with Gasteiger partial charge in [0.1, 0.15) is 0 Å². The van der Waals surface area contributed by atoms with Gasteiger partial charge < -0.3 is 5.73 Å². The molecule has 2 bridgehead atoms. The molecule has 1 saturated carbocycles. The Morgan fingerprint density at radius 1 is 1.33 bits per heavy atom. The second-order valence-corrected chi connectivity index (χ2v) is 3.29. The largest absolute Gasteiger partial charge is 0.369 e. The second kappa shape index (κ2) is 3.74. The van der Waals surface area contributed by atoms with Crippen molar-refractivity contribution in [2.45, 2.75) is 26.7 Å². The maximum absolute atomic E-state index is 10.8. The van der Waals surface area contributed by atoms with E-state index < -0.39 is 0 Å². The van der Waals surface area contributed by atoms with Gasteiger partial charge in [0.05, 0.1) is 0 Å². The third kappa shape index (κ3) is 1.52. The van der Waals surface area contributed by atoms with E-state index in [1.54, 1.807) is 0 Å². The maximum atomic E-state index is 10.8. The first kappa shape index (κ1) is 9.30. The number of hydrogen-bond acceptors (Lipinski definition) is 1. The lowest BCUT2D eigenvalue weighted by Crippen LogP contribution is -2.26. The number of rotatable bonds is 1. The van der Waals surface area contributed by atoms with Crippen LogP contribution in [0.4, 0.5) is 0 Å². The van der Waals surface area contributed by atoms with Crippen LogP contribution in [0.3, 0.4) is 0 Å². The summed E-state index contributed by atoms with van der Waals surface area (Å²) in [7, 11) is 0. The number of fused-ring (bicyclic) bond motifs is 2. The lowest BCUT2D eigenvalue weighted by molar-refractivity contribution is -0.122. The van der Waals surface area contributed by atoms with E-state index in [4.69, 9.17) is 5.73 Å². The molecule has 0 aromatic carbocycles. The summed E-state index contributed by atoms with van der Waals surface area (Å²) in [4.78, 5) is 10.8. The first-order valence-corrected chi connectivity index (χ1v) is 4.75. The highest BCUT2D eigenvalue weighted by molar-refractivity contribution is 5.78. The topological polar surface area (TPSA) is 43.1 Å². The van der Waals surface area contributed by atoms with Crippen molar-refractivity contribution < 1.29 is 4.79 Å². The van der Waals surface area contributed by atoms with E-state index in [2.05, 4.69) is 12.2 Å². The van der Waals surface area contributed by atoms with Gasteiger partial charge in [-0.15, -0.1) is 0 Å². The number of primary amides is 1. The molecule has 3 atom stereocenters. The van der Waals surface area contributed by atoms with Crippen LogP contribution in [0.25, 0.3) is 0 Å². The first-order chi connectivity index (χ1) is 5.77. The SMILES string of the molecule is CC.NC(=O)C1CC2C=CC1C2. The summed E-state index contributed by atoms with van der Waals surface area (Å²) < 4.78 is 0. The van der Waals surface area contributed by atoms with Gasteiger partial charge in [-0.05, 0) is 24.7 Å². The zero-order chi connectivity index (χ0) is 9.14. The van der Waals surface area contributed by atoms with Gasteiger partial charge in [-0.25, -0.2) is 0 Å². The Bertz CT molecular complexity index is 198. The third-order valence-electron chi connectivity index (χ3n) is 2.64. The molecule has 2 rings (SSSR count). The van der Waals surface area contributed by atoms with Crippen molar-refractivity contribution in [1.29, 1.82) is 0 Å². The van der Waals surface area contributed by atoms with Gasteiger partial charge in [0.25, 0.3) is 0 Å². The molecule has 2 heteroatoms. The van der Waals surface area contributed by atoms with Crippen molar-refractivity contribution >= 4 is 5.91 Å². The average molecular weight is 167 g/mol. The Morgan fingerprint density at radius 2 is 2.00 bits per heavy atom. The van der Waals surface area contributed by atoms with Gasteiger partial charge in [-0.1, -0.05) is 26.0 Å². The van der Waals surface area contributed by atoms with Gasteiger partial charge in [-0.3, -0.25) is 4.79 Å². The number of amides is 1. The van der Waals surface area contributed by atoms with Crippen LogP contribution < -0.4 is 5.73 Å². The fourth-order valence-corrected chi connectivity index (χ4v) is 2.11. The molecule has 1 fully saturated rings. The molecule has 0 aromatic rings. The summed E-state index contributed by atoms with van der Waals surface area (Å²) >= 11 is 0. The van der Waals surface area contributed by atoms with E-state index in [0.29, 0.717) is 11.8 Å². The molecule has 2 aliphatic rings. The number of hydrogen-bond donors (Lipinski definition) is 1. The zero-order valence-corrected chi connectivity index (χ0v) is 7.79. The molecule has 0 heterocycles. The molecule has 1 amide bonds. The van der Waals surface area contributed by atoms with Gasteiger partial charge in [0.2, 0.25) is 5.91 Å². The van der Waals surface area contributed by atoms with Crippen molar-refractivity contribution in [3.8, 4) is 0 Å². The summed E-state index contributed by atoms with van der Waals surface area (Å²) in [5.41, 5.74) is 5.21. The Labute approximate surface area is 73.8 Å². The van der Waals surface area contributed by atoms with Crippen LogP contribution in [0.5, 0.6) is 0 Å². The minimum atomic E-state index is -0.114. The predicted molar refractivity (Wildman–Crippen MR) is 49.4 cm³/mol. The lowest BCUT2D eigenvalue weighted by atomic mass is 9.93. The summed E-state index contributed by atoms with van der Waals surface area (Å²) in [5, 5.41) is 0. The van der Waals surface area contributed by atoms with E-state index in [-0.39, 0.29) is 11.8 Å². The van der Waals surface area contributed by atoms with E-state index in [0.717, 1.165) is 12.8 Å². The normalized spacial score (nSPS) is 36.0. The van der Waals surface area contributed by atoms with Crippen molar-refractivity contribution in [2.75, 3.05) is 0 Å². The smallest absolute Gasteiger partial charge is 0.221 e. The molecule has 0 radical (unpaired) electrons. The quantitative estimate of drug-likeness (QED) is 0.593. The Morgan fingerprint density at radius 3 is 2.25 bits per heavy atom. The maximum Gasteiger partial charge on any atom is 0.221 e. The number of carbonyl (C=O) groups excluding carboxylic acids is 1. The van der Waals surface area contributed by atoms with Crippen LogP contribution >= 0.6 is 0 Å². The molecule has 12 heavy (non-hydrogen) atoms.